The molecule has 9 nitrogen and oxygen atoms in total. The summed E-state index contributed by atoms with van der Waals surface area (Å²) < 4.78 is 11.2. The monoisotopic (exact) mass is 752 g/mol. The minimum absolute atomic E-state index is 0.194. The highest BCUT2D eigenvalue weighted by molar-refractivity contribution is 5.76. The number of carbonyl (C=O) groups excluding carboxylic acids is 1. The number of unbranched alkanes of at least 4 members (excludes halogenated alkanes) is 21. The zero-order valence-corrected chi connectivity index (χ0v) is 33.8. The number of allylic oxidation sites excluding steroid dienone is 5. The lowest BCUT2D eigenvalue weighted by atomic mass is 9.99. The van der Waals surface area contributed by atoms with Crippen molar-refractivity contribution in [3.8, 4) is 0 Å². The van der Waals surface area contributed by atoms with E-state index in [2.05, 4.69) is 43.5 Å². The minimum Gasteiger partial charge on any atom is -0.394 e. The van der Waals surface area contributed by atoms with E-state index < -0.39 is 49.5 Å². The third kappa shape index (κ3) is 26.0. The van der Waals surface area contributed by atoms with Gasteiger partial charge in [0.15, 0.2) is 6.29 Å². The third-order valence-corrected chi connectivity index (χ3v) is 10.2. The minimum atomic E-state index is -1.57. The summed E-state index contributed by atoms with van der Waals surface area (Å²) in [6.45, 7) is 3.70. The second kappa shape index (κ2) is 34.9. The van der Waals surface area contributed by atoms with Crippen molar-refractivity contribution < 1.29 is 39.8 Å². The van der Waals surface area contributed by atoms with Crippen LogP contribution in [-0.2, 0) is 14.3 Å². The lowest BCUT2D eigenvalue weighted by Crippen LogP contribution is -2.60. The van der Waals surface area contributed by atoms with Crippen molar-refractivity contribution in [2.24, 2.45) is 0 Å². The second-order valence-corrected chi connectivity index (χ2v) is 15.1. The van der Waals surface area contributed by atoms with Gasteiger partial charge >= 0.3 is 0 Å². The van der Waals surface area contributed by atoms with Crippen LogP contribution in [0.3, 0.4) is 0 Å². The topological polar surface area (TPSA) is 149 Å². The van der Waals surface area contributed by atoms with E-state index in [9.17, 15) is 30.3 Å². The molecule has 1 fully saturated rings. The molecule has 0 aromatic heterocycles. The normalized spacial score (nSPS) is 22.0. The highest BCUT2D eigenvalue weighted by Gasteiger charge is 2.44. The number of amides is 1. The summed E-state index contributed by atoms with van der Waals surface area (Å²) in [4.78, 5) is 12.9. The molecule has 1 aliphatic heterocycles. The average Bonchev–Trinajstić information content (AvgIpc) is 3.16. The first-order chi connectivity index (χ1) is 25.8. The molecule has 0 bridgehead atoms. The fourth-order valence-electron chi connectivity index (χ4n) is 6.64. The lowest BCUT2D eigenvalue weighted by Gasteiger charge is -2.40. The summed E-state index contributed by atoms with van der Waals surface area (Å²) in [5.41, 5.74) is 0. The van der Waals surface area contributed by atoms with Gasteiger partial charge in [-0.3, -0.25) is 4.79 Å². The number of nitrogens with one attached hydrogen (secondary N) is 1. The van der Waals surface area contributed by atoms with E-state index in [4.69, 9.17) is 9.47 Å². The van der Waals surface area contributed by atoms with Crippen LogP contribution in [0.4, 0.5) is 0 Å². The van der Waals surface area contributed by atoms with Crippen molar-refractivity contribution in [2.45, 2.75) is 224 Å². The van der Waals surface area contributed by atoms with Crippen LogP contribution in [0.2, 0.25) is 0 Å². The summed E-state index contributed by atoms with van der Waals surface area (Å²) in [5, 5.41) is 53.9. The number of aliphatic hydroxyl groups is 5. The first kappa shape index (κ1) is 49.4. The highest BCUT2D eigenvalue weighted by atomic mass is 16.7. The molecule has 0 aliphatic carbocycles. The van der Waals surface area contributed by atoms with E-state index in [0.717, 1.165) is 51.4 Å². The van der Waals surface area contributed by atoms with Gasteiger partial charge in [-0.2, -0.15) is 0 Å². The Bertz CT molecular complexity index is 925. The van der Waals surface area contributed by atoms with Crippen molar-refractivity contribution in [1.82, 2.24) is 5.32 Å². The van der Waals surface area contributed by atoms with Crippen LogP contribution in [0.1, 0.15) is 181 Å². The van der Waals surface area contributed by atoms with Crippen molar-refractivity contribution in [2.75, 3.05) is 13.2 Å². The number of rotatable bonds is 35. The van der Waals surface area contributed by atoms with Crippen LogP contribution in [0.25, 0.3) is 0 Å². The Kier molecular flexibility index (Phi) is 32.5. The van der Waals surface area contributed by atoms with E-state index in [1.54, 1.807) is 6.08 Å². The quantitative estimate of drug-likeness (QED) is 0.0279. The first-order valence-electron chi connectivity index (χ1n) is 21.7. The fourth-order valence-corrected chi connectivity index (χ4v) is 6.64. The van der Waals surface area contributed by atoms with E-state index in [0.29, 0.717) is 6.42 Å². The summed E-state index contributed by atoms with van der Waals surface area (Å²) in [7, 11) is 0. The van der Waals surface area contributed by atoms with E-state index in [-0.39, 0.29) is 12.5 Å². The first-order valence-corrected chi connectivity index (χ1v) is 21.7. The smallest absolute Gasteiger partial charge is 0.220 e. The van der Waals surface area contributed by atoms with Gasteiger partial charge in [0.1, 0.15) is 24.4 Å². The van der Waals surface area contributed by atoms with Gasteiger partial charge in [-0.1, -0.05) is 153 Å². The summed E-state index contributed by atoms with van der Waals surface area (Å²) >= 11 is 0. The molecule has 310 valence electrons. The molecule has 9 heteroatoms. The Morgan fingerprint density at radius 1 is 0.623 bits per heavy atom. The van der Waals surface area contributed by atoms with Crippen LogP contribution in [0, 0.1) is 0 Å². The molecule has 0 saturated carbocycles. The Hall–Kier alpha value is -1.59. The summed E-state index contributed by atoms with van der Waals surface area (Å²) in [5.74, 6) is -0.194. The maximum atomic E-state index is 12.9. The average molecular weight is 752 g/mol. The summed E-state index contributed by atoms with van der Waals surface area (Å²) in [6.07, 6.45) is 34.8. The standard InChI is InChI=1S/C44H81NO8/c1-3-5-7-9-11-13-15-16-17-18-19-20-21-22-23-24-26-28-30-32-34-40(48)45-37(36-52-44-43(51)42(50)41(49)39(35-46)53-44)38(47)33-31-29-27-25-14-12-10-8-6-4-2/h14,19-20,25,31,33,37-39,41-44,46-47,49-51H,3-13,15-18,21-24,26-30,32,34-36H2,1-2H3,(H,45,48)/b20-19-,25-14+,33-31+. The Labute approximate surface area is 323 Å². The SMILES string of the molecule is CCCCCC/C=C/CC/C=C/C(O)C(COC1OC(CO)C(O)C(O)C1O)NC(=O)CCCCCCCCC/C=C\CCCCCCCCCCC. The van der Waals surface area contributed by atoms with Crippen LogP contribution in [0.15, 0.2) is 36.5 Å². The fraction of sp³-hybridized carbons (Fsp3) is 0.841. The number of hydrogen-bond donors (Lipinski definition) is 6. The van der Waals surface area contributed by atoms with Crippen LogP contribution in [0.5, 0.6) is 0 Å². The molecule has 1 aliphatic rings. The van der Waals surface area contributed by atoms with Crippen molar-refractivity contribution in [1.29, 1.82) is 0 Å². The van der Waals surface area contributed by atoms with Gasteiger partial charge in [0.25, 0.3) is 0 Å². The van der Waals surface area contributed by atoms with Gasteiger partial charge in [-0.25, -0.2) is 0 Å². The third-order valence-electron chi connectivity index (χ3n) is 10.2. The Morgan fingerprint density at radius 2 is 1.08 bits per heavy atom. The van der Waals surface area contributed by atoms with Gasteiger partial charge in [-0.15, -0.1) is 0 Å². The molecule has 0 aromatic carbocycles. The van der Waals surface area contributed by atoms with Gasteiger partial charge in [-0.05, 0) is 57.8 Å². The molecule has 1 heterocycles. The summed E-state index contributed by atoms with van der Waals surface area (Å²) in [6, 6.07) is -0.820. The molecule has 1 rings (SSSR count). The molecule has 6 N–H and O–H groups in total. The van der Waals surface area contributed by atoms with Gasteiger partial charge in [0, 0.05) is 6.42 Å². The molecular weight excluding hydrogens is 670 g/mol. The van der Waals surface area contributed by atoms with Gasteiger partial charge < -0.3 is 40.3 Å². The molecule has 7 unspecified atom stereocenters. The maximum absolute atomic E-state index is 12.9. The van der Waals surface area contributed by atoms with Crippen molar-refractivity contribution >= 4 is 5.91 Å². The highest BCUT2D eigenvalue weighted by Crippen LogP contribution is 2.22. The van der Waals surface area contributed by atoms with Crippen molar-refractivity contribution in [3.05, 3.63) is 36.5 Å². The molecule has 0 spiro atoms. The second-order valence-electron chi connectivity index (χ2n) is 15.1. The predicted molar refractivity (Wildman–Crippen MR) is 216 cm³/mol. The number of carbonyl (C=O) groups is 1. The largest absolute Gasteiger partial charge is 0.394 e. The number of ether oxygens (including phenoxy) is 2. The van der Waals surface area contributed by atoms with Crippen molar-refractivity contribution in [3.63, 3.8) is 0 Å². The number of aliphatic hydroxyl groups excluding tert-OH is 5. The maximum Gasteiger partial charge on any atom is 0.220 e. The van der Waals surface area contributed by atoms with Crippen LogP contribution < -0.4 is 5.32 Å². The molecular formula is C44H81NO8. The van der Waals surface area contributed by atoms with E-state index in [1.807, 2.05) is 6.08 Å². The molecule has 0 aromatic rings. The van der Waals surface area contributed by atoms with Gasteiger partial charge in [0.2, 0.25) is 5.91 Å². The Balaban J connectivity index is 2.34. The van der Waals surface area contributed by atoms with Crippen LogP contribution >= 0.6 is 0 Å². The molecule has 1 amide bonds. The van der Waals surface area contributed by atoms with Gasteiger partial charge in [0.05, 0.1) is 25.4 Å². The molecule has 7 atom stereocenters. The number of hydrogen-bond acceptors (Lipinski definition) is 8. The zero-order chi connectivity index (χ0) is 38.8. The zero-order valence-electron chi connectivity index (χ0n) is 33.8. The van der Waals surface area contributed by atoms with E-state index >= 15 is 0 Å². The lowest BCUT2D eigenvalue weighted by molar-refractivity contribution is -0.302. The Morgan fingerprint density at radius 3 is 1.60 bits per heavy atom. The predicted octanol–water partition coefficient (Wildman–Crippen LogP) is 8.50. The van der Waals surface area contributed by atoms with E-state index in [1.165, 1.54) is 109 Å². The molecule has 53 heavy (non-hydrogen) atoms. The molecule has 0 radical (unpaired) electrons. The van der Waals surface area contributed by atoms with Crippen LogP contribution in [-0.4, -0.2) is 87.5 Å². The molecule has 1 saturated heterocycles.